The van der Waals surface area contributed by atoms with E-state index in [1.165, 1.54) is 23.8 Å². The summed E-state index contributed by atoms with van der Waals surface area (Å²) < 4.78 is 10.4. The summed E-state index contributed by atoms with van der Waals surface area (Å²) in [5, 5.41) is 11.6. The van der Waals surface area contributed by atoms with Gasteiger partial charge in [0.05, 0.1) is 6.61 Å². The average molecular weight is 378 g/mol. The second kappa shape index (κ2) is 7.79. The van der Waals surface area contributed by atoms with Crippen LogP contribution in [0.2, 0.25) is 0 Å². The first kappa shape index (κ1) is 18.3. The van der Waals surface area contributed by atoms with E-state index in [2.05, 4.69) is 5.32 Å². The molecule has 26 heavy (non-hydrogen) atoms. The van der Waals surface area contributed by atoms with Crippen molar-refractivity contribution >= 4 is 29.5 Å². The van der Waals surface area contributed by atoms with Crippen LogP contribution in [0.1, 0.15) is 0 Å². The third-order valence-corrected chi connectivity index (χ3v) is 5.34. The van der Waals surface area contributed by atoms with Gasteiger partial charge in [-0.05, 0) is 17.7 Å². The number of rotatable bonds is 7. The number of nitrogens with zero attached hydrogens (tertiary/aromatic N) is 1. The molecule has 138 valence electrons. The van der Waals surface area contributed by atoms with E-state index >= 15 is 0 Å². The molecular weight excluding hydrogens is 360 g/mol. The Labute approximate surface area is 154 Å². The van der Waals surface area contributed by atoms with Gasteiger partial charge in [-0.2, -0.15) is 0 Å². The van der Waals surface area contributed by atoms with Crippen LogP contribution < -0.4 is 10.1 Å². The van der Waals surface area contributed by atoms with Gasteiger partial charge in [0.25, 0.3) is 11.8 Å². The van der Waals surface area contributed by atoms with Crippen LogP contribution >= 0.6 is 11.8 Å². The van der Waals surface area contributed by atoms with Crippen LogP contribution in [-0.4, -0.2) is 65.3 Å². The van der Waals surface area contributed by atoms with Crippen molar-refractivity contribution in [2.45, 2.75) is 11.4 Å². The SMILES string of the molecule is COCC1=C(C(=O)O)N2C(=O)[C@@H](NC(=O)COc3ccccc3)[C@H]2SC1. The zero-order chi connectivity index (χ0) is 18.7. The molecule has 2 N–H and O–H groups in total. The molecule has 2 amide bonds. The van der Waals surface area contributed by atoms with Crippen molar-refractivity contribution in [3.63, 3.8) is 0 Å². The van der Waals surface area contributed by atoms with E-state index in [4.69, 9.17) is 9.47 Å². The van der Waals surface area contributed by atoms with E-state index in [1.807, 2.05) is 6.07 Å². The Bertz CT molecular complexity index is 751. The number of nitrogens with one attached hydrogen (secondary N) is 1. The summed E-state index contributed by atoms with van der Waals surface area (Å²) in [7, 11) is 1.47. The molecular formula is C17H18N2O6S. The van der Waals surface area contributed by atoms with E-state index in [1.54, 1.807) is 24.3 Å². The summed E-state index contributed by atoms with van der Waals surface area (Å²) in [5.74, 6) is -1.07. The predicted octanol–water partition coefficient (Wildman–Crippen LogP) is 0.450. The molecule has 2 heterocycles. The summed E-state index contributed by atoms with van der Waals surface area (Å²) in [5.41, 5.74) is 0.499. The molecule has 0 saturated carbocycles. The first-order chi connectivity index (χ1) is 12.5. The molecule has 0 aromatic heterocycles. The lowest BCUT2D eigenvalue weighted by atomic mass is 10.0. The fourth-order valence-corrected chi connectivity index (χ4v) is 4.18. The lowest BCUT2D eigenvalue weighted by molar-refractivity contribution is -0.151. The smallest absolute Gasteiger partial charge is 0.352 e. The number of carboxylic acid groups (broad SMARTS) is 1. The molecule has 0 bridgehead atoms. The molecule has 0 spiro atoms. The molecule has 2 atom stereocenters. The molecule has 1 aromatic carbocycles. The second-order valence-electron chi connectivity index (χ2n) is 5.75. The molecule has 0 unspecified atom stereocenters. The Morgan fingerprint density at radius 3 is 2.73 bits per heavy atom. The predicted molar refractivity (Wildman–Crippen MR) is 93.5 cm³/mol. The normalized spacial score (nSPS) is 21.7. The Balaban J connectivity index is 1.61. The van der Waals surface area contributed by atoms with Crippen molar-refractivity contribution in [1.82, 2.24) is 10.2 Å². The van der Waals surface area contributed by atoms with Gasteiger partial charge in [0.2, 0.25) is 0 Å². The van der Waals surface area contributed by atoms with Gasteiger partial charge >= 0.3 is 5.97 Å². The van der Waals surface area contributed by atoms with Crippen LogP contribution in [0, 0.1) is 0 Å². The number of fused-ring (bicyclic) bond motifs is 1. The third kappa shape index (κ3) is 3.54. The maximum atomic E-state index is 12.4. The quantitative estimate of drug-likeness (QED) is 0.664. The summed E-state index contributed by atoms with van der Waals surface area (Å²) in [4.78, 5) is 37.2. The number of para-hydroxylation sites is 1. The van der Waals surface area contributed by atoms with E-state index in [-0.39, 0.29) is 18.9 Å². The molecule has 2 aliphatic heterocycles. The number of aliphatic carboxylic acids is 1. The lowest BCUT2D eigenvalue weighted by Crippen LogP contribution is -2.71. The zero-order valence-electron chi connectivity index (χ0n) is 14.0. The van der Waals surface area contributed by atoms with E-state index in [9.17, 15) is 19.5 Å². The van der Waals surface area contributed by atoms with Gasteiger partial charge in [-0.3, -0.25) is 14.5 Å². The summed E-state index contributed by atoms with van der Waals surface area (Å²) in [6.45, 7) is -0.0746. The van der Waals surface area contributed by atoms with Crippen molar-refractivity contribution in [2.75, 3.05) is 26.1 Å². The van der Waals surface area contributed by atoms with Gasteiger partial charge < -0.3 is 19.9 Å². The van der Waals surface area contributed by atoms with Crippen molar-refractivity contribution in [2.24, 2.45) is 0 Å². The number of benzene rings is 1. The molecule has 8 nitrogen and oxygen atoms in total. The minimum absolute atomic E-state index is 0.0494. The van der Waals surface area contributed by atoms with Crippen molar-refractivity contribution < 1.29 is 29.0 Å². The van der Waals surface area contributed by atoms with Gasteiger partial charge in [-0.1, -0.05) is 18.2 Å². The summed E-state index contributed by atoms with van der Waals surface area (Å²) >= 11 is 1.40. The van der Waals surface area contributed by atoms with Crippen molar-refractivity contribution in [1.29, 1.82) is 0 Å². The highest BCUT2D eigenvalue weighted by molar-refractivity contribution is 8.00. The fourth-order valence-electron chi connectivity index (χ4n) is 2.85. The average Bonchev–Trinajstić information content (AvgIpc) is 2.65. The molecule has 0 aliphatic carbocycles. The Hall–Kier alpha value is -2.52. The van der Waals surface area contributed by atoms with Crippen molar-refractivity contribution in [3.05, 3.63) is 41.6 Å². The van der Waals surface area contributed by atoms with Crippen LogP contribution in [0.4, 0.5) is 0 Å². The number of carbonyl (C=O) groups excluding carboxylic acids is 2. The molecule has 1 saturated heterocycles. The second-order valence-corrected chi connectivity index (χ2v) is 6.85. The van der Waals surface area contributed by atoms with Crippen LogP contribution in [0.15, 0.2) is 41.6 Å². The zero-order valence-corrected chi connectivity index (χ0v) is 14.8. The number of carbonyl (C=O) groups is 3. The van der Waals surface area contributed by atoms with Crippen molar-refractivity contribution in [3.8, 4) is 5.75 Å². The molecule has 1 aromatic rings. The van der Waals surface area contributed by atoms with E-state index < -0.39 is 29.2 Å². The minimum atomic E-state index is -1.17. The summed E-state index contributed by atoms with van der Waals surface area (Å²) in [6.07, 6.45) is 0. The number of thioether (sulfide) groups is 1. The Morgan fingerprint density at radius 2 is 2.08 bits per heavy atom. The number of methoxy groups -OCH3 is 1. The maximum absolute atomic E-state index is 12.4. The molecule has 1 fully saturated rings. The minimum Gasteiger partial charge on any atom is -0.484 e. The van der Waals surface area contributed by atoms with Gasteiger partial charge in [0, 0.05) is 12.9 Å². The lowest BCUT2D eigenvalue weighted by Gasteiger charge is -2.49. The topological polar surface area (TPSA) is 105 Å². The summed E-state index contributed by atoms with van der Waals surface area (Å²) in [6, 6.07) is 8.10. The highest BCUT2D eigenvalue weighted by Gasteiger charge is 2.54. The van der Waals surface area contributed by atoms with Crippen LogP contribution in [0.5, 0.6) is 5.75 Å². The molecule has 9 heteroatoms. The van der Waals surface area contributed by atoms with E-state index in [0.717, 1.165) is 0 Å². The highest BCUT2D eigenvalue weighted by atomic mass is 32.2. The highest BCUT2D eigenvalue weighted by Crippen LogP contribution is 2.40. The third-order valence-electron chi connectivity index (χ3n) is 4.00. The number of ether oxygens (including phenoxy) is 2. The monoisotopic (exact) mass is 378 g/mol. The standard InChI is InChI=1S/C17H18N2O6S/c1-24-7-10-9-26-16-13(15(21)19(16)14(10)17(22)23)18-12(20)8-25-11-5-3-2-4-6-11/h2-6,13,16H,7-9H2,1H3,(H,18,20)(H,22,23)/t13-,16-/m1/s1. The van der Waals surface area contributed by atoms with Gasteiger partial charge in [-0.25, -0.2) is 4.79 Å². The van der Waals surface area contributed by atoms with E-state index in [0.29, 0.717) is 17.1 Å². The number of hydrogen-bond donors (Lipinski definition) is 2. The Kier molecular flexibility index (Phi) is 5.48. The number of carboxylic acids is 1. The molecule has 0 radical (unpaired) electrons. The first-order valence-corrected chi connectivity index (χ1v) is 8.94. The molecule has 2 aliphatic rings. The van der Waals surface area contributed by atoms with Gasteiger partial charge in [0.15, 0.2) is 6.61 Å². The largest absolute Gasteiger partial charge is 0.484 e. The number of amides is 2. The fraction of sp³-hybridized carbons (Fsp3) is 0.353. The first-order valence-electron chi connectivity index (χ1n) is 7.89. The Morgan fingerprint density at radius 1 is 1.35 bits per heavy atom. The van der Waals surface area contributed by atoms with Crippen LogP contribution in [-0.2, 0) is 19.1 Å². The van der Waals surface area contributed by atoms with Gasteiger partial charge in [-0.15, -0.1) is 11.8 Å². The van der Waals surface area contributed by atoms with Crippen LogP contribution in [0.3, 0.4) is 0 Å². The van der Waals surface area contributed by atoms with Crippen LogP contribution in [0.25, 0.3) is 0 Å². The maximum Gasteiger partial charge on any atom is 0.352 e. The number of hydrogen-bond acceptors (Lipinski definition) is 6. The number of β-lactam (4-membered cyclic amide) rings is 1. The molecule has 3 rings (SSSR count). The van der Waals surface area contributed by atoms with Gasteiger partial charge in [0.1, 0.15) is 22.9 Å².